The van der Waals surface area contributed by atoms with Gasteiger partial charge in [0.2, 0.25) is 6.04 Å². The molecule has 2 rings (SSSR count). The van der Waals surface area contributed by atoms with Gasteiger partial charge in [-0.15, -0.1) is 4.91 Å². The monoisotopic (exact) mass is 304 g/mol. The number of rotatable bonds is 5. The van der Waals surface area contributed by atoms with Crippen LogP contribution in [-0.4, -0.2) is 0 Å². The first kappa shape index (κ1) is 14.9. The van der Waals surface area contributed by atoms with E-state index in [1.54, 1.807) is 24.3 Å². The Morgan fingerprint density at radius 1 is 1.33 bits per heavy atom. The van der Waals surface area contributed by atoms with Crippen LogP contribution in [0.4, 0.5) is 4.39 Å². The van der Waals surface area contributed by atoms with Gasteiger partial charge in [0.25, 0.3) is 0 Å². The minimum Gasteiger partial charge on any atom is -0.489 e. The average molecular weight is 305 g/mol. The molecule has 0 aliphatic rings. The molecular weight excluding hydrogens is 295 g/mol. The molecule has 0 fully saturated rings. The van der Waals surface area contributed by atoms with Gasteiger partial charge in [0.05, 0.1) is 11.1 Å². The SMILES string of the molecule is N#CC(N=O)c1ccccc1COc1ccc(F)c(Cl)c1. The van der Waals surface area contributed by atoms with Gasteiger partial charge in [0.1, 0.15) is 18.2 Å². The fourth-order valence-electron chi connectivity index (χ4n) is 1.81. The highest BCUT2D eigenvalue weighted by atomic mass is 35.5. The molecule has 0 aliphatic carbocycles. The molecule has 2 aromatic rings. The number of halogens is 2. The van der Waals surface area contributed by atoms with Crippen LogP contribution >= 0.6 is 11.6 Å². The quantitative estimate of drug-likeness (QED) is 0.770. The first-order valence-electron chi connectivity index (χ1n) is 6.03. The largest absolute Gasteiger partial charge is 0.489 e. The summed E-state index contributed by atoms with van der Waals surface area (Å²) >= 11 is 5.67. The molecule has 0 saturated carbocycles. The normalized spacial score (nSPS) is 11.5. The van der Waals surface area contributed by atoms with Crippen LogP contribution in [0.2, 0.25) is 5.02 Å². The summed E-state index contributed by atoms with van der Waals surface area (Å²) in [5, 5.41) is 11.7. The Kier molecular flexibility index (Phi) is 4.85. The Morgan fingerprint density at radius 2 is 2.10 bits per heavy atom. The van der Waals surface area contributed by atoms with Gasteiger partial charge < -0.3 is 4.74 Å². The van der Waals surface area contributed by atoms with Gasteiger partial charge in [-0.25, -0.2) is 4.39 Å². The molecule has 4 nitrogen and oxygen atoms in total. The van der Waals surface area contributed by atoms with Crippen molar-refractivity contribution in [2.45, 2.75) is 12.6 Å². The van der Waals surface area contributed by atoms with Gasteiger partial charge in [-0.05, 0) is 22.9 Å². The Bertz CT molecular complexity index is 700. The lowest BCUT2D eigenvalue weighted by Crippen LogP contribution is -2.02. The van der Waals surface area contributed by atoms with E-state index in [1.807, 2.05) is 6.07 Å². The van der Waals surface area contributed by atoms with Gasteiger partial charge in [-0.3, -0.25) is 0 Å². The number of nitriles is 1. The summed E-state index contributed by atoms with van der Waals surface area (Å²) in [4.78, 5) is 10.7. The van der Waals surface area contributed by atoms with Crippen molar-refractivity contribution in [3.63, 3.8) is 0 Å². The molecule has 0 radical (unpaired) electrons. The lowest BCUT2D eigenvalue weighted by atomic mass is 10.0. The topological polar surface area (TPSA) is 62.5 Å². The maximum absolute atomic E-state index is 13.1. The minimum atomic E-state index is -1.08. The highest BCUT2D eigenvalue weighted by Crippen LogP contribution is 2.24. The van der Waals surface area contributed by atoms with E-state index in [9.17, 15) is 9.30 Å². The zero-order chi connectivity index (χ0) is 15.2. The number of nitrogens with zero attached hydrogens (tertiary/aromatic N) is 2. The molecule has 0 aliphatic heterocycles. The number of hydrogen-bond acceptors (Lipinski definition) is 4. The van der Waals surface area contributed by atoms with Crippen molar-refractivity contribution in [3.05, 3.63) is 69.3 Å². The summed E-state index contributed by atoms with van der Waals surface area (Å²) in [6.45, 7) is 0.117. The highest BCUT2D eigenvalue weighted by Gasteiger charge is 2.15. The minimum absolute atomic E-state index is 0.0368. The van der Waals surface area contributed by atoms with Crippen LogP contribution in [-0.2, 0) is 6.61 Å². The molecule has 0 bridgehead atoms. The van der Waals surface area contributed by atoms with Gasteiger partial charge in [0, 0.05) is 11.6 Å². The maximum Gasteiger partial charge on any atom is 0.203 e. The van der Waals surface area contributed by atoms with Crippen LogP contribution in [0.5, 0.6) is 5.75 Å². The molecule has 0 saturated heterocycles. The van der Waals surface area contributed by atoms with Crippen LogP contribution in [0.3, 0.4) is 0 Å². The smallest absolute Gasteiger partial charge is 0.203 e. The molecule has 0 spiro atoms. The fourth-order valence-corrected chi connectivity index (χ4v) is 1.98. The predicted octanol–water partition coefficient (Wildman–Crippen LogP) is 4.39. The van der Waals surface area contributed by atoms with E-state index in [0.29, 0.717) is 16.9 Å². The molecule has 6 heteroatoms. The summed E-state index contributed by atoms with van der Waals surface area (Å²) < 4.78 is 18.6. The number of hydrogen-bond donors (Lipinski definition) is 0. The molecule has 106 valence electrons. The summed E-state index contributed by atoms with van der Waals surface area (Å²) in [7, 11) is 0. The van der Waals surface area contributed by atoms with Crippen molar-refractivity contribution in [1.29, 1.82) is 5.26 Å². The summed E-state index contributed by atoms with van der Waals surface area (Å²) in [6, 6.07) is 11.6. The second kappa shape index (κ2) is 6.82. The van der Waals surface area contributed by atoms with E-state index in [1.165, 1.54) is 18.2 Å². The van der Waals surface area contributed by atoms with Crippen molar-refractivity contribution in [3.8, 4) is 11.8 Å². The molecule has 21 heavy (non-hydrogen) atoms. The first-order chi connectivity index (χ1) is 10.2. The Balaban J connectivity index is 2.18. The third kappa shape index (κ3) is 3.56. The van der Waals surface area contributed by atoms with Gasteiger partial charge in [-0.2, -0.15) is 5.26 Å². The lowest BCUT2D eigenvalue weighted by Gasteiger charge is -2.11. The van der Waals surface area contributed by atoms with E-state index in [0.717, 1.165) is 0 Å². The molecule has 1 unspecified atom stereocenters. The Hall–Kier alpha value is -2.45. The van der Waals surface area contributed by atoms with Crippen molar-refractivity contribution >= 4 is 11.6 Å². The Labute approximate surface area is 125 Å². The molecular formula is C15H10ClFN2O2. The van der Waals surface area contributed by atoms with Crippen molar-refractivity contribution in [2.75, 3.05) is 0 Å². The Morgan fingerprint density at radius 3 is 2.76 bits per heavy atom. The summed E-state index contributed by atoms with van der Waals surface area (Å²) in [6.07, 6.45) is 0. The molecule has 1 atom stereocenters. The van der Waals surface area contributed by atoms with Crippen LogP contribution < -0.4 is 4.74 Å². The molecule has 0 aromatic heterocycles. The van der Waals surface area contributed by atoms with E-state index < -0.39 is 11.9 Å². The molecule has 0 amide bonds. The van der Waals surface area contributed by atoms with Gasteiger partial charge in [-0.1, -0.05) is 35.9 Å². The van der Waals surface area contributed by atoms with E-state index in [2.05, 4.69) is 5.18 Å². The standard InChI is InChI=1S/C15H10ClFN2O2/c16-13-7-11(5-6-14(13)17)21-9-10-3-1-2-4-12(10)15(8-18)19-20/h1-7,15H,9H2. The van der Waals surface area contributed by atoms with Crippen LogP contribution in [0.1, 0.15) is 17.2 Å². The third-order valence-electron chi connectivity index (χ3n) is 2.86. The van der Waals surface area contributed by atoms with Crippen molar-refractivity contribution in [1.82, 2.24) is 0 Å². The molecule has 2 aromatic carbocycles. The maximum atomic E-state index is 13.1. The van der Waals surface area contributed by atoms with Crippen LogP contribution in [0, 0.1) is 22.1 Å². The van der Waals surface area contributed by atoms with E-state index >= 15 is 0 Å². The molecule has 0 heterocycles. The average Bonchev–Trinajstić information content (AvgIpc) is 2.51. The van der Waals surface area contributed by atoms with E-state index in [4.69, 9.17) is 21.6 Å². The highest BCUT2D eigenvalue weighted by molar-refractivity contribution is 6.30. The predicted molar refractivity (Wildman–Crippen MR) is 76.3 cm³/mol. The van der Waals surface area contributed by atoms with Crippen LogP contribution in [0.25, 0.3) is 0 Å². The zero-order valence-electron chi connectivity index (χ0n) is 10.8. The lowest BCUT2D eigenvalue weighted by molar-refractivity contribution is 0.304. The zero-order valence-corrected chi connectivity index (χ0v) is 11.5. The number of nitroso groups, excluding NO2 is 1. The van der Waals surface area contributed by atoms with Crippen LogP contribution in [0.15, 0.2) is 47.6 Å². The third-order valence-corrected chi connectivity index (χ3v) is 3.15. The van der Waals surface area contributed by atoms with Crippen molar-refractivity contribution in [2.24, 2.45) is 5.18 Å². The van der Waals surface area contributed by atoms with Gasteiger partial charge >= 0.3 is 0 Å². The second-order valence-corrected chi connectivity index (χ2v) is 4.61. The summed E-state index contributed by atoms with van der Waals surface area (Å²) in [5.41, 5.74) is 1.15. The molecule has 0 N–H and O–H groups in total. The number of benzene rings is 2. The van der Waals surface area contributed by atoms with E-state index in [-0.39, 0.29) is 11.6 Å². The fraction of sp³-hybridized carbons (Fsp3) is 0.133. The number of ether oxygens (including phenoxy) is 1. The second-order valence-electron chi connectivity index (χ2n) is 4.20. The first-order valence-corrected chi connectivity index (χ1v) is 6.41. The van der Waals surface area contributed by atoms with Crippen molar-refractivity contribution < 1.29 is 9.13 Å². The van der Waals surface area contributed by atoms with Gasteiger partial charge in [0.15, 0.2) is 0 Å². The summed E-state index contributed by atoms with van der Waals surface area (Å²) in [5.74, 6) is -0.136.